The Kier molecular flexibility index (Phi) is 17.2. The van der Waals surface area contributed by atoms with Gasteiger partial charge in [0.15, 0.2) is 0 Å². The van der Waals surface area contributed by atoms with Gasteiger partial charge in [0.2, 0.25) is 0 Å². The van der Waals surface area contributed by atoms with E-state index < -0.39 is 7.91 Å². The third-order valence-electron chi connectivity index (χ3n) is 0. The van der Waals surface area contributed by atoms with Crippen LogP contribution in [-0.2, 0) is 25.6 Å². The molecule has 0 spiro atoms. The Morgan fingerprint density at radius 1 is 1.38 bits per heavy atom. The SMILES string of the molecule is O=P(O)(O)F.[NaH].[O]=[V]. The fourth-order valence-electron chi connectivity index (χ4n) is 0. The average molecular weight is 191 g/mol. The summed E-state index contributed by atoms with van der Waals surface area (Å²) >= 11 is 1.06. The van der Waals surface area contributed by atoms with Crippen molar-refractivity contribution < 1.29 is 39.6 Å². The summed E-state index contributed by atoms with van der Waals surface area (Å²) in [7, 11) is -5.14. The Labute approximate surface area is 76.6 Å². The molecule has 2 N–H and O–H groups in total. The standard InChI is InChI=1S/FH2O3P.Na.O.V.H/c1-5(2,3)4;;;;/h(H2,2,3,4);;;;. The quantitative estimate of drug-likeness (QED) is 0.391. The zero-order valence-electron chi connectivity index (χ0n) is 2.98. The van der Waals surface area contributed by atoms with Crippen LogP contribution in [0.25, 0.3) is 0 Å². The molecule has 0 atom stereocenters. The van der Waals surface area contributed by atoms with E-state index >= 15 is 0 Å². The van der Waals surface area contributed by atoms with Crippen molar-refractivity contribution in [2.45, 2.75) is 0 Å². The summed E-state index contributed by atoms with van der Waals surface area (Å²) < 4.78 is 27.2. The average Bonchev–Trinajstić information content (AvgIpc) is 1.36. The zero-order valence-corrected chi connectivity index (χ0v) is 5.27. The normalized spacial score (nSPS) is 7.75. The van der Waals surface area contributed by atoms with Crippen LogP contribution >= 0.6 is 7.91 Å². The van der Waals surface area contributed by atoms with Gasteiger partial charge >= 0.3 is 58.5 Å². The van der Waals surface area contributed by atoms with Crippen molar-refractivity contribution in [2.24, 2.45) is 0 Å². The van der Waals surface area contributed by atoms with E-state index in [-0.39, 0.29) is 29.6 Å². The molecule has 45 valence electrons. The molecule has 0 radical (unpaired) electrons. The van der Waals surface area contributed by atoms with Crippen LogP contribution < -0.4 is 0 Å². The summed E-state index contributed by atoms with van der Waals surface area (Å²) in [4.78, 5) is 13.9. The molecule has 0 aromatic carbocycles. The first kappa shape index (κ1) is 16.2. The molecule has 4 nitrogen and oxygen atoms in total. The van der Waals surface area contributed by atoms with Crippen molar-refractivity contribution >= 4 is 37.5 Å². The van der Waals surface area contributed by atoms with Crippen molar-refractivity contribution in [3.63, 3.8) is 0 Å². The van der Waals surface area contributed by atoms with E-state index in [0.29, 0.717) is 0 Å². The van der Waals surface area contributed by atoms with Gasteiger partial charge in [-0.15, -0.1) is 4.20 Å². The minimum atomic E-state index is -5.14. The summed E-state index contributed by atoms with van der Waals surface area (Å²) in [6, 6.07) is 0. The van der Waals surface area contributed by atoms with Crippen molar-refractivity contribution in [3.05, 3.63) is 0 Å². The Balaban J connectivity index is -0.0000000750. The van der Waals surface area contributed by atoms with Gasteiger partial charge in [-0.25, -0.2) is 4.57 Å². The molecule has 0 aliphatic heterocycles. The fraction of sp³-hybridized carbons (Fsp3) is 0. The molecular weight excluding hydrogens is 188 g/mol. The molecule has 0 unspecified atom stereocenters. The Morgan fingerprint density at radius 3 is 1.38 bits per heavy atom. The van der Waals surface area contributed by atoms with E-state index in [2.05, 4.69) is 0 Å². The predicted molar refractivity (Wildman–Crippen MR) is 21.0 cm³/mol. The van der Waals surface area contributed by atoms with E-state index in [1.165, 1.54) is 0 Å². The molecule has 0 bridgehead atoms. The molecular formula is H3FNaO4PV. The summed E-state index contributed by atoms with van der Waals surface area (Å²) in [5.41, 5.74) is 0. The van der Waals surface area contributed by atoms with Gasteiger partial charge in [0.25, 0.3) is 0 Å². The number of halogens is 1. The van der Waals surface area contributed by atoms with Crippen LogP contribution in [0.3, 0.4) is 0 Å². The fourth-order valence-corrected chi connectivity index (χ4v) is 0. The maximum atomic E-state index is 10.4. The Morgan fingerprint density at radius 2 is 1.38 bits per heavy atom. The minimum absolute atomic E-state index is 0. The number of hydrogen-bond donors (Lipinski definition) is 2. The Bertz CT molecular complexity index is 71.8. The van der Waals surface area contributed by atoms with Crippen LogP contribution in [0.1, 0.15) is 0 Å². The van der Waals surface area contributed by atoms with Gasteiger partial charge in [-0.3, -0.25) is 9.79 Å². The van der Waals surface area contributed by atoms with Crippen LogP contribution in [0.4, 0.5) is 4.20 Å². The van der Waals surface area contributed by atoms with E-state index in [0.717, 1.165) is 17.4 Å². The molecule has 0 heterocycles. The second-order valence-electron chi connectivity index (χ2n) is 0.473. The van der Waals surface area contributed by atoms with Crippen LogP contribution in [0.15, 0.2) is 0 Å². The molecule has 0 aromatic heterocycles. The number of rotatable bonds is 0. The van der Waals surface area contributed by atoms with Crippen LogP contribution in [0, 0.1) is 0 Å². The molecule has 8 heteroatoms. The van der Waals surface area contributed by atoms with Gasteiger partial charge in [0.05, 0.1) is 0 Å². The molecule has 0 fully saturated rings. The summed E-state index contributed by atoms with van der Waals surface area (Å²) in [5.74, 6) is 0. The van der Waals surface area contributed by atoms with Crippen molar-refractivity contribution in [3.8, 4) is 0 Å². The third-order valence-corrected chi connectivity index (χ3v) is 0. The van der Waals surface area contributed by atoms with Gasteiger partial charge in [-0.2, -0.15) is 0 Å². The van der Waals surface area contributed by atoms with E-state index in [9.17, 15) is 4.20 Å². The van der Waals surface area contributed by atoms with Gasteiger partial charge in [0.1, 0.15) is 0 Å². The predicted octanol–water partition coefficient (Wildman–Crippen LogP) is -0.721. The molecule has 0 aliphatic carbocycles. The molecule has 8 heavy (non-hydrogen) atoms. The van der Waals surface area contributed by atoms with Crippen molar-refractivity contribution in [1.29, 1.82) is 0 Å². The monoisotopic (exact) mass is 191 g/mol. The van der Waals surface area contributed by atoms with Crippen molar-refractivity contribution in [2.75, 3.05) is 0 Å². The number of hydrogen-bond acceptors (Lipinski definition) is 2. The van der Waals surface area contributed by atoms with E-state index in [1.54, 1.807) is 0 Å². The first-order valence-corrected chi connectivity index (χ1v) is 3.01. The maximum absolute atomic E-state index is 10.4. The molecule has 0 amide bonds. The van der Waals surface area contributed by atoms with Crippen LogP contribution in [0.5, 0.6) is 0 Å². The Hall–Kier alpha value is 1.46. The van der Waals surface area contributed by atoms with Gasteiger partial charge < -0.3 is 0 Å². The molecule has 0 aliphatic rings. The van der Waals surface area contributed by atoms with E-state index in [1.807, 2.05) is 0 Å². The second kappa shape index (κ2) is 8.46. The third kappa shape index (κ3) is 145. The van der Waals surface area contributed by atoms with Crippen molar-refractivity contribution in [1.82, 2.24) is 0 Å². The van der Waals surface area contributed by atoms with Crippen LogP contribution in [-0.4, -0.2) is 39.3 Å². The second-order valence-corrected chi connectivity index (χ2v) is 1.42. The summed E-state index contributed by atoms with van der Waals surface area (Å²) in [6.45, 7) is 0. The van der Waals surface area contributed by atoms with Gasteiger partial charge in [-0.1, -0.05) is 0 Å². The molecule has 0 saturated carbocycles. The molecule has 0 saturated heterocycles. The van der Waals surface area contributed by atoms with Crippen LogP contribution in [0.2, 0.25) is 0 Å². The first-order valence-electron chi connectivity index (χ1n) is 0.934. The van der Waals surface area contributed by atoms with Gasteiger partial charge in [-0.05, 0) is 0 Å². The zero-order chi connectivity index (χ0) is 6.50. The topological polar surface area (TPSA) is 74.6 Å². The molecule has 0 rings (SSSR count). The molecule has 0 aromatic rings. The summed E-state index contributed by atoms with van der Waals surface area (Å²) in [5, 5.41) is 0. The summed E-state index contributed by atoms with van der Waals surface area (Å²) in [6.07, 6.45) is 0. The first-order chi connectivity index (χ1) is 3.00. The van der Waals surface area contributed by atoms with Gasteiger partial charge in [0, 0.05) is 0 Å². The van der Waals surface area contributed by atoms with E-state index in [4.69, 9.17) is 18.0 Å².